The standard InChI is InChI=1S/C11H10N2O/c1-2-6-10-9(5-1)12-13-8-4-3-7-11(13)14-10/h1-7,12H,8H2. The van der Waals surface area contributed by atoms with E-state index in [1.54, 1.807) is 0 Å². The summed E-state index contributed by atoms with van der Waals surface area (Å²) in [5, 5.41) is 1.97. The van der Waals surface area contributed by atoms with Crippen LogP contribution in [0.5, 0.6) is 5.75 Å². The van der Waals surface area contributed by atoms with Crippen molar-refractivity contribution >= 4 is 5.69 Å². The van der Waals surface area contributed by atoms with Crippen LogP contribution < -0.4 is 10.2 Å². The van der Waals surface area contributed by atoms with Crippen molar-refractivity contribution in [2.75, 3.05) is 12.0 Å². The molecule has 1 N–H and O–H groups in total. The molecular weight excluding hydrogens is 176 g/mol. The normalized spacial score (nSPS) is 17.4. The number of hydrogen-bond donors (Lipinski definition) is 1. The van der Waals surface area contributed by atoms with Crippen molar-refractivity contribution in [1.29, 1.82) is 0 Å². The Morgan fingerprint density at radius 1 is 1.29 bits per heavy atom. The Morgan fingerprint density at radius 3 is 3.21 bits per heavy atom. The van der Waals surface area contributed by atoms with Gasteiger partial charge in [0.1, 0.15) is 0 Å². The summed E-state index contributed by atoms with van der Waals surface area (Å²) in [6.45, 7) is 0.833. The first-order chi connectivity index (χ1) is 6.93. The van der Waals surface area contributed by atoms with E-state index in [1.807, 2.05) is 41.4 Å². The number of para-hydroxylation sites is 2. The molecule has 0 unspecified atom stereocenters. The van der Waals surface area contributed by atoms with Crippen LogP contribution in [-0.4, -0.2) is 11.6 Å². The van der Waals surface area contributed by atoms with E-state index in [0.717, 1.165) is 23.9 Å². The van der Waals surface area contributed by atoms with Crippen molar-refractivity contribution in [3.05, 3.63) is 48.4 Å². The number of benzene rings is 1. The first-order valence-corrected chi connectivity index (χ1v) is 4.61. The third-order valence-electron chi connectivity index (χ3n) is 2.29. The highest BCUT2D eigenvalue weighted by atomic mass is 16.5. The van der Waals surface area contributed by atoms with Gasteiger partial charge in [-0.05, 0) is 12.1 Å². The largest absolute Gasteiger partial charge is 0.437 e. The van der Waals surface area contributed by atoms with Crippen LogP contribution in [-0.2, 0) is 0 Å². The lowest BCUT2D eigenvalue weighted by molar-refractivity contribution is 0.241. The molecule has 3 nitrogen and oxygen atoms in total. The van der Waals surface area contributed by atoms with Gasteiger partial charge in [0, 0.05) is 6.08 Å². The first-order valence-electron chi connectivity index (χ1n) is 4.61. The van der Waals surface area contributed by atoms with E-state index in [2.05, 4.69) is 11.5 Å². The number of anilines is 1. The van der Waals surface area contributed by atoms with Gasteiger partial charge in [0.15, 0.2) is 5.75 Å². The summed E-state index contributed by atoms with van der Waals surface area (Å²) in [6, 6.07) is 7.92. The number of rotatable bonds is 0. The topological polar surface area (TPSA) is 24.5 Å². The van der Waals surface area contributed by atoms with E-state index >= 15 is 0 Å². The highest BCUT2D eigenvalue weighted by Crippen LogP contribution is 2.32. The first kappa shape index (κ1) is 7.50. The molecule has 0 spiro atoms. The number of hydrogen-bond acceptors (Lipinski definition) is 3. The van der Waals surface area contributed by atoms with Gasteiger partial charge in [-0.25, -0.2) is 0 Å². The number of allylic oxidation sites excluding steroid dienone is 2. The lowest BCUT2D eigenvalue weighted by atomic mass is 10.2. The molecule has 70 valence electrons. The van der Waals surface area contributed by atoms with Crippen LogP contribution >= 0.6 is 0 Å². The molecule has 3 rings (SSSR count). The molecule has 0 amide bonds. The summed E-state index contributed by atoms with van der Waals surface area (Å²) in [6.07, 6.45) is 6.03. The molecule has 2 aliphatic heterocycles. The van der Waals surface area contributed by atoms with Gasteiger partial charge in [-0.1, -0.05) is 24.3 Å². The Hall–Kier alpha value is -1.90. The van der Waals surface area contributed by atoms with Gasteiger partial charge in [0.2, 0.25) is 5.88 Å². The molecule has 0 aliphatic carbocycles. The second kappa shape index (κ2) is 2.80. The second-order valence-corrected chi connectivity index (χ2v) is 3.25. The van der Waals surface area contributed by atoms with Crippen molar-refractivity contribution in [3.8, 4) is 5.75 Å². The van der Waals surface area contributed by atoms with Crippen LogP contribution in [0.15, 0.2) is 48.4 Å². The maximum atomic E-state index is 5.71. The molecule has 1 aromatic rings. The van der Waals surface area contributed by atoms with E-state index in [9.17, 15) is 0 Å². The molecule has 0 radical (unpaired) electrons. The molecular formula is C11H10N2O. The van der Waals surface area contributed by atoms with Crippen molar-refractivity contribution in [2.24, 2.45) is 0 Å². The van der Waals surface area contributed by atoms with Gasteiger partial charge in [-0.15, -0.1) is 0 Å². The van der Waals surface area contributed by atoms with Gasteiger partial charge in [0.25, 0.3) is 0 Å². The molecule has 3 heteroatoms. The highest BCUT2D eigenvalue weighted by molar-refractivity contribution is 5.58. The minimum absolute atomic E-state index is 0.833. The minimum Gasteiger partial charge on any atom is -0.437 e. The molecule has 2 heterocycles. The van der Waals surface area contributed by atoms with Crippen molar-refractivity contribution < 1.29 is 4.74 Å². The molecule has 0 saturated heterocycles. The number of nitrogens with one attached hydrogen (secondary N) is 1. The molecule has 0 atom stereocenters. The third kappa shape index (κ3) is 1.06. The van der Waals surface area contributed by atoms with Crippen LogP contribution in [0.3, 0.4) is 0 Å². The predicted molar refractivity (Wildman–Crippen MR) is 54.6 cm³/mol. The molecule has 0 saturated carbocycles. The fraction of sp³-hybridized carbons (Fsp3) is 0.0909. The van der Waals surface area contributed by atoms with Crippen LogP contribution in [0.1, 0.15) is 0 Å². The average molecular weight is 186 g/mol. The van der Waals surface area contributed by atoms with Gasteiger partial charge in [0.05, 0.1) is 12.2 Å². The SMILES string of the molecule is C1=CCN2Nc3ccccc3OC2=C1. The Morgan fingerprint density at radius 2 is 2.21 bits per heavy atom. The lowest BCUT2D eigenvalue weighted by Gasteiger charge is -2.33. The van der Waals surface area contributed by atoms with Gasteiger partial charge >= 0.3 is 0 Å². The Balaban J connectivity index is 2.03. The Kier molecular flexibility index (Phi) is 1.50. The molecule has 2 aliphatic rings. The summed E-state index contributed by atoms with van der Waals surface area (Å²) >= 11 is 0. The summed E-state index contributed by atoms with van der Waals surface area (Å²) in [5.41, 5.74) is 4.30. The maximum Gasteiger partial charge on any atom is 0.214 e. The Labute approximate surface area is 82.3 Å². The zero-order valence-electron chi connectivity index (χ0n) is 7.60. The lowest BCUT2D eigenvalue weighted by Crippen LogP contribution is -2.36. The molecule has 0 fully saturated rings. The van der Waals surface area contributed by atoms with E-state index in [4.69, 9.17) is 4.74 Å². The fourth-order valence-corrected chi connectivity index (χ4v) is 1.59. The smallest absolute Gasteiger partial charge is 0.214 e. The molecule has 14 heavy (non-hydrogen) atoms. The van der Waals surface area contributed by atoms with Crippen molar-refractivity contribution in [1.82, 2.24) is 5.01 Å². The number of nitrogens with zero attached hydrogens (tertiary/aromatic N) is 1. The van der Waals surface area contributed by atoms with Gasteiger partial charge in [-0.2, -0.15) is 0 Å². The predicted octanol–water partition coefficient (Wildman–Crippen LogP) is 2.12. The van der Waals surface area contributed by atoms with E-state index in [-0.39, 0.29) is 0 Å². The van der Waals surface area contributed by atoms with Crippen LogP contribution in [0.2, 0.25) is 0 Å². The molecule has 0 bridgehead atoms. The summed E-state index contributed by atoms with van der Waals surface area (Å²) in [4.78, 5) is 0. The zero-order valence-corrected chi connectivity index (χ0v) is 7.60. The number of ether oxygens (including phenoxy) is 1. The van der Waals surface area contributed by atoms with Crippen molar-refractivity contribution in [3.63, 3.8) is 0 Å². The van der Waals surface area contributed by atoms with Gasteiger partial charge < -0.3 is 4.74 Å². The van der Waals surface area contributed by atoms with Gasteiger partial charge in [-0.3, -0.25) is 10.4 Å². The van der Waals surface area contributed by atoms with E-state index in [0.29, 0.717) is 0 Å². The Bertz CT molecular complexity index is 423. The van der Waals surface area contributed by atoms with Crippen LogP contribution in [0.4, 0.5) is 5.69 Å². The highest BCUT2D eigenvalue weighted by Gasteiger charge is 2.20. The third-order valence-corrected chi connectivity index (χ3v) is 2.29. The maximum absolute atomic E-state index is 5.71. The zero-order chi connectivity index (χ0) is 9.38. The van der Waals surface area contributed by atoms with E-state index in [1.165, 1.54) is 0 Å². The molecule has 0 aromatic heterocycles. The van der Waals surface area contributed by atoms with Crippen LogP contribution in [0, 0.1) is 0 Å². The number of fused-ring (bicyclic) bond motifs is 2. The average Bonchev–Trinajstić information content (AvgIpc) is 2.26. The van der Waals surface area contributed by atoms with E-state index < -0.39 is 0 Å². The van der Waals surface area contributed by atoms with Crippen molar-refractivity contribution in [2.45, 2.75) is 0 Å². The quantitative estimate of drug-likeness (QED) is 0.671. The summed E-state index contributed by atoms with van der Waals surface area (Å²) < 4.78 is 5.71. The fourth-order valence-electron chi connectivity index (χ4n) is 1.59. The monoisotopic (exact) mass is 186 g/mol. The molecule has 1 aromatic carbocycles. The van der Waals surface area contributed by atoms with Crippen LogP contribution in [0.25, 0.3) is 0 Å². The second-order valence-electron chi connectivity index (χ2n) is 3.25. The summed E-state index contributed by atoms with van der Waals surface area (Å²) in [7, 11) is 0. The summed E-state index contributed by atoms with van der Waals surface area (Å²) in [5.74, 6) is 1.73. The number of hydrazine groups is 1. The minimum atomic E-state index is 0.833.